The summed E-state index contributed by atoms with van der Waals surface area (Å²) in [4.78, 5) is 0. The third-order valence-corrected chi connectivity index (χ3v) is 3.76. The molecule has 0 amide bonds. The molecule has 0 saturated carbocycles. The first-order valence-corrected chi connectivity index (χ1v) is 7.49. The van der Waals surface area contributed by atoms with Crippen LogP contribution in [0.1, 0.15) is 53.9 Å². The molecule has 15 heavy (non-hydrogen) atoms. The lowest BCUT2D eigenvalue weighted by atomic mass is 9.88. The lowest BCUT2D eigenvalue weighted by Gasteiger charge is -2.31. The minimum atomic E-state index is 0.383. The maximum Gasteiger partial charge on any atom is 0.0206 e. The van der Waals surface area contributed by atoms with Gasteiger partial charge in [-0.2, -0.15) is 11.8 Å². The van der Waals surface area contributed by atoms with E-state index in [1.54, 1.807) is 0 Å². The van der Waals surface area contributed by atoms with Gasteiger partial charge in [-0.1, -0.05) is 41.0 Å². The van der Waals surface area contributed by atoms with Gasteiger partial charge in [-0.05, 0) is 30.6 Å². The highest BCUT2D eigenvalue weighted by Crippen LogP contribution is 2.23. The Morgan fingerprint density at radius 2 is 1.80 bits per heavy atom. The average Bonchev–Trinajstić information content (AvgIpc) is 2.15. The van der Waals surface area contributed by atoms with Gasteiger partial charge in [0.1, 0.15) is 0 Å². The van der Waals surface area contributed by atoms with Crippen LogP contribution in [0.4, 0.5) is 0 Å². The minimum Gasteiger partial charge on any atom is -0.313 e. The molecular weight excluding hydrogens is 202 g/mol. The van der Waals surface area contributed by atoms with Crippen LogP contribution in [0, 0.1) is 5.41 Å². The van der Waals surface area contributed by atoms with Crippen LogP contribution in [-0.2, 0) is 0 Å². The van der Waals surface area contributed by atoms with Gasteiger partial charge in [0, 0.05) is 11.8 Å². The SMILES string of the molecule is CCCCSCC(NCCC)C(C)(C)C. The fourth-order valence-corrected chi connectivity index (χ4v) is 2.89. The van der Waals surface area contributed by atoms with Gasteiger partial charge in [-0.3, -0.25) is 0 Å². The molecule has 0 aliphatic rings. The standard InChI is InChI=1S/C13H29NS/c1-6-8-10-15-11-12(13(3,4)5)14-9-7-2/h12,14H,6-11H2,1-5H3. The summed E-state index contributed by atoms with van der Waals surface area (Å²) in [6, 6.07) is 0.652. The van der Waals surface area contributed by atoms with Crippen LogP contribution < -0.4 is 5.32 Å². The van der Waals surface area contributed by atoms with Gasteiger partial charge in [-0.25, -0.2) is 0 Å². The van der Waals surface area contributed by atoms with E-state index >= 15 is 0 Å². The van der Waals surface area contributed by atoms with Gasteiger partial charge in [0.15, 0.2) is 0 Å². The second-order valence-corrected chi connectivity index (χ2v) is 6.45. The molecule has 0 spiro atoms. The van der Waals surface area contributed by atoms with Gasteiger partial charge in [0.2, 0.25) is 0 Å². The molecule has 0 aliphatic carbocycles. The fraction of sp³-hybridized carbons (Fsp3) is 1.00. The van der Waals surface area contributed by atoms with Crippen molar-refractivity contribution in [1.82, 2.24) is 5.32 Å². The molecule has 0 aromatic rings. The largest absolute Gasteiger partial charge is 0.313 e. The van der Waals surface area contributed by atoms with Crippen LogP contribution >= 0.6 is 11.8 Å². The molecule has 1 N–H and O–H groups in total. The minimum absolute atomic E-state index is 0.383. The smallest absolute Gasteiger partial charge is 0.0206 e. The summed E-state index contributed by atoms with van der Waals surface area (Å²) < 4.78 is 0. The van der Waals surface area contributed by atoms with Gasteiger partial charge in [-0.15, -0.1) is 0 Å². The molecule has 1 nitrogen and oxygen atoms in total. The molecule has 0 radical (unpaired) electrons. The molecule has 1 unspecified atom stereocenters. The predicted molar refractivity (Wildman–Crippen MR) is 73.8 cm³/mol. The zero-order chi connectivity index (χ0) is 11.7. The highest BCUT2D eigenvalue weighted by molar-refractivity contribution is 7.99. The molecule has 2 heteroatoms. The molecule has 92 valence electrons. The molecule has 0 aromatic heterocycles. The van der Waals surface area contributed by atoms with Crippen LogP contribution in [0.2, 0.25) is 0 Å². The fourth-order valence-electron chi connectivity index (χ4n) is 1.38. The summed E-state index contributed by atoms with van der Waals surface area (Å²) >= 11 is 2.10. The van der Waals surface area contributed by atoms with Crippen LogP contribution in [-0.4, -0.2) is 24.1 Å². The van der Waals surface area contributed by atoms with Gasteiger partial charge < -0.3 is 5.32 Å². The first-order chi connectivity index (χ1) is 7.02. The number of unbranched alkanes of at least 4 members (excludes halogenated alkanes) is 1. The van der Waals surface area contributed by atoms with Crippen molar-refractivity contribution in [2.24, 2.45) is 5.41 Å². The van der Waals surface area contributed by atoms with E-state index in [9.17, 15) is 0 Å². The van der Waals surface area contributed by atoms with Crippen molar-refractivity contribution < 1.29 is 0 Å². The monoisotopic (exact) mass is 231 g/mol. The summed E-state index contributed by atoms with van der Waals surface area (Å²) in [5.41, 5.74) is 0.383. The maximum atomic E-state index is 3.67. The second-order valence-electron chi connectivity index (χ2n) is 5.30. The van der Waals surface area contributed by atoms with Gasteiger partial charge in [0.25, 0.3) is 0 Å². The molecule has 0 rings (SSSR count). The average molecular weight is 231 g/mol. The van der Waals surface area contributed by atoms with E-state index in [0.29, 0.717) is 11.5 Å². The highest BCUT2D eigenvalue weighted by Gasteiger charge is 2.23. The number of thioether (sulfide) groups is 1. The molecule has 1 atom stereocenters. The number of rotatable bonds is 8. The Balaban J connectivity index is 3.81. The molecule has 0 aromatic carbocycles. The van der Waals surface area contributed by atoms with Crippen molar-refractivity contribution in [3.8, 4) is 0 Å². The van der Waals surface area contributed by atoms with Gasteiger partial charge in [0.05, 0.1) is 0 Å². The summed E-state index contributed by atoms with van der Waals surface area (Å²) in [5.74, 6) is 2.57. The number of hydrogen-bond donors (Lipinski definition) is 1. The van der Waals surface area contributed by atoms with Crippen molar-refractivity contribution >= 4 is 11.8 Å². The first-order valence-electron chi connectivity index (χ1n) is 6.33. The van der Waals surface area contributed by atoms with E-state index in [4.69, 9.17) is 0 Å². The van der Waals surface area contributed by atoms with Crippen LogP contribution in [0.15, 0.2) is 0 Å². The lowest BCUT2D eigenvalue weighted by molar-refractivity contribution is 0.292. The Hall–Kier alpha value is 0.310. The van der Waals surface area contributed by atoms with Crippen LogP contribution in [0.25, 0.3) is 0 Å². The van der Waals surface area contributed by atoms with E-state index in [0.717, 1.165) is 6.54 Å². The first kappa shape index (κ1) is 15.3. The summed E-state index contributed by atoms with van der Waals surface area (Å²) in [6.45, 7) is 12.6. The molecule has 0 aliphatic heterocycles. The predicted octanol–water partition coefficient (Wildman–Crippen LogP) is 3.93. The zero-order valence-electron chi connectivity index (χ0n) is 11.2. The Bertz CT molecular complexity index is 140. The van der Waals surface area contributed by atoms with Crippen LogP contribution in [0.5, 0.6) is 0 Å². The third-order valence-electron chi connectivity index (χ3n) is 2.61. The van der Waals surface area contributed by atoms with E-state index in [2.05, 4.69) is 51.7 Å². The van der Waals surface area contributed by atoms with Crippen molar-refractivity contribution in [3.63, 3.8) is 0 Å². The third kappa shape index (κ3) is 8.15. The van der Waals surface area contributed by atoms with Crippen molar-refractivity contribution in [3.05, 3.63) is 0 Å². The zero-order valence-corrected chi connectivity index (χ0v) is 12.0. The topological polar surface area (TPSA) is 12.0 Å². The Labute approximate surface area is 101 Å². The molecule has 0 saturated heterocycles. The lowest BCUT2D eigenvalue weighted by Crippen LogP contribution is -2.42. The quantitative estimate of drug-likeness (QED) is 0.635. The molecular formula is C13H29NS. The van der Waals surface area contributed by atoms with E-state index < -0.39 is 0 Å². The number of hydrogen-bond acceptors (Lipinski definition) is 2. The van der Waals surface area contributed by atoms with Gasteiger partial charge >= 0.3 is 0 Å². The summed E-state index contributed by atoms with van der Waals surface area (Å²) in [7, 11) is 0. The Morgan fingerprint density at radius 1 is 1.13 bits per heavy atom. The van der Waals surface area contributed by atoms with E-state index in [1.165, 1.54) is 30.8 Å². The molecule has 0 heterocycles. The Morgan fingerprint density at radius 3 is 2.27 bits per heavy atom. The summed E-state index contributed by atoms with van der Waals surface area (Å²) in [6.07, 6.45) is 3.90. The number of nitrogens with one attached hydrogen (secondary N) is 1. The van der Waals surface area contributed by atoms with Crippen molar-refractivity contribution in [2.45, 2.75) is 59.9 Å². The summed E-state index contributed by atoms with van der Waals surface area (Å²) in [5, 5.41) is 3.67. The van der Waals surface area contributed by atoms with E-state index in [-0.39, 0.29) is 0 Å². The van der Waals surface area contributed by atoms with Crippen molar-refractivity contribution in [1.29, 1.82) is 0 Å². The van der Waals surface area contributed by atoms with E-state index in [1.807, 2.05) is 0 Å². The van der Waals surface area contributed by atoms with Crippen molar-refractivity contribution in [2.75, 3.05) is 18.1 Å². The van der Waals surface area contributed by atoms with Crippen LogP contribution in [0.3, 0.4) is 0 Å². The molecule has 0 bridgehead atoms. The highest BCUT2D eigenvalue weighted by atomic mass is 32.2. The molecule has 0 fully saturated rings. The Kier molecular flexibility index (Phi) is 8.64. The second kappa shape index (κ2) is 8.46. The maximum absolute atomic E-state index is 3.67. The normalized spacial score (nSPS) is 14.2.